The molecule has 1 heterocycles. The summed E-state index contributed by atoms with van der Waals surface area (Å²) < 4.78 is 0. The van der Waals surface area contributed by atoms with Crippen LogP contribution < -0.4 is 0 Å². The molecule has 100 valence electrons. The van der Waals surface area contributed by atoms with Crippen molar-refractivity contribution in [3.63, 3.8) is 0 Å². The number of nitrogens with one attached hydrogen (secondary N) is 1. The van der Waals surface area contributed by atoms with Crippen LogP contribution in [0.1, 0.15) is 5.56 Å². The zero-order valence-corrected chi connectivity index (χ0v) is 11.8. The first-order chi connectivity index (χ1) is 9.65. The summed E-state index contributed by atoms with van der Waals surface area (Å²) in [5, 5.41) is 11.9. The molecule has 0 atom stereocenters. The van der Waals surface area contributed by atoms with Crippen molar-refractivity contribution in [2.75, 3.05) is 0 Å². The fourth-order valence-corrected chi connectivity index (χ4v) is 2.46. The summed E-state index contributed by atoms with van der Waals surface area (Å²) in [6.45, 7) is 0. The van der Waals surface area contributed by atoms with Crippen molar-refractivity contribution < 1.29 is 5.11 Å². The topological polar surface area (TPSA) is 48.4 Å². The van der Waals surface area contributed by atoms with Crippen LogP contribution >= 0.6 is 23.2 Å². The number of aromatic hydroxyl groups is 1. The Hall–Kier alpha value is -1.97. The molecule has 0 aliphatic carbocycles. The lowest BCUT2D eigenvalue weighted by Crippen LogP contribution is -1.79. The molecule has 3 rings (SSSR count). The predicted octanol–water partition coefficient (Wildman–Crippen LogP) is 4.93. The van der Waals surface area contributed by atoms with E-state index in [0.717, 1.165) is 10.9 Å². The van der Waals surface area contributed by atoms with Crippen LogP contribution in [0.4, 0.5) is 5.69 Å². The molecule has 0 amide bonds. The highest BCUT2D eigenvalue weighted by Gasteiger charge is 2.08. The Kier molecular flexibility index (Phi) is 3.38. The summed E-state index contributed by atoms with van der Waals surface area (Å²) in [4.78, 5) is 7.20. The van der Waals surface area contributed by atoms with Crippen LogP contribution in [0.5, 0.6) is 5.88 Å². The van der Waals surface area contributed by atoms with Crippen molar-refractivity contribution in [1.82, 2.24) is 4.98 Å². The molecule has 0 saturated heterocycles. The minimum atomic E-state index is 0.0834. The number of nitrogens with zero attached hydrogens (tertiary/aromatic N) is 1. The summed E-state index contributed by atoms with van der Waals surface area (Å²) in [7, 11) is 0. The van der Waals surface area contributed by atoms with E-state index >= 15 is 0 Å². The van der Waals surface area contributed by atoms with E-state index in [4.69, 9.17) is 23.2 Å². The summed E-state index contributed by atoms with van der Waals surface area (Å²) in [5.41, 5.74) is 2.08. The number of aromatic amines is 1. The summed E-state index contributed by atoms with van der Waals surface area (Å²) in [6, 6.07) is 12.7. The van der Waals surface area contributed by atoms with Gasteiger partial charge in [-0.15, -0.1) is 0 Å². The molecule has 0 aliphatic rings. The molecule has 1 aromatic heterocycles. The molecule has 0 saturated carbocycles. The minimum Gasteiger partial charge on any atom is -0.494 e. The third kappa shape index (κ3) is 2.38. The number of aromatic nitrogens is 1. The average Bonchev–Trinajstić information content (AvgIpc) is 2.74. The summed E-state index contributed by atoms with van der Waals surface area (Å²) >= 11 is 11.9. The van der Waals surface area contributed by atoms with Crippen molar-refractivity contribution in [1.29, 1.82) is 0 Å². The van der Waals surface area contributed by atoms with E-state index in [-0.39, 0.29) is 5.88 Å². The molecule has 2 N–H and O–H groups in total. The molecule has 0 unspecified atom stereocenters. The SMILES string of the molecule is Oc1[nH]c2ccccc2c1C=Nc1ccc(Cl)cc1Cl. The Bertz CT molecular complexity index is 809. The first-order valence-corrected chi connectivity index (χ1v) is 6.69. The number of aliphatic imine (C=N–C) groups is 1. The van der Waals surface area contributed by atoms with Gasteiger partial charge in [-0.2, -0.15) is 0 Å². The van der Waals surface area contributed by atoms with E-state index in [0.29, 0.717) is 21.3 Å². The average molecular weight is 305 g/mol. The first kappa shape index (κ1) is 13.0. The van der Waals surface area contributed by atoms with Crippen LogP contribution in [0.15, 0.2) is 47.5 Å². The van der Waals surface area contributed by atoms with Gasteiger partial charge < -0.3 is 10.1 Å². The number of benzene rings is 2. The van der Waals surface area contributed by atoms with E-state index in [1.165, 1.54) is 0 Å². The van der Waals surface area contributed by atoms with Crippen LogP contribution in [-0.4, -0.2) is 16.3 Å². The lowest BCUT2D eigenvalue weighted by Gasteiger charge is -1.98. The van der Waals surface area contributed by atoms with Gasteiger partial charge >= 0.3 is 0 Å². The summed E-state index contributed by atoms with van der Waals surface area (Å²) in [5.74, 6) is 0.0834. The monoisotopic (exact) mass is 304 g/mol. The Morgan fingerprint density at radius 3 is 2.70 bits per heavy atom. The van der Waals surface area contributed by atoms with Gasteiger partial charge in [0.2, 0.25) is 0 Å². The molecule has 2 aromatic carbocycles. The van der Waals surface area contributed by atoms with E-state index in [9.17, 15) is 5.11 Å². The van der Waals surface area contributed by atoms with Gasteiger partial charge in [-0.05, 0) is 24.3 Å². The molecule has 20 heavy (non-hydrogen) atoms. The van der Waals surface area contributed by atoms with E-state index in [1.54, 1.807) is 24.4 Å². The van der Waals surface area contributed by atoms with Crippen LogP contribution in [0, 0.1) is 0 Å². The van der Waals surface area contributed by atoms with Crippen molar-refractivity contribution in [2.24, 2.45) is 4.99 Å². The maximum absolute atomic E-state index is 9.92. The first-order valence-electron chi connectivity index (χ1n) is 5.94. The standard InChI is InChI=1S/C15H10Cl2N2O/c16-9-5-6-14(12(17)7-9)18-8-11-10-3-1-2-4-13(10)19-15(11)20/h1-8,19-20H. The Morgan fingerprint density at radius 1 is 1.10 bits per heavy atom. The van der Waals surface area contributed by atoms with E-state index < -0.39 is 0 Å². The lowest BCUT2D eigenvalue weighted by atomic mass is 10.2. The van der Waals surface area contributed by atoms with Crippen molar-refractivity contribution in [2.45, 2.75) is 0 Å². The Morgan fingerprint density at radius 2 is 1.90 bits per heavy atom. The third-order valence-corrected chi connectivity index (χ3v) is 3.51. The van der Waals surface area contributed by atoms with Gasteiger partial charge in [0.15, 0.2) is 5.88 Å². The van der Waals surface area contributed by atoms with Gasteiger partial charge in [-0.1, -0.05) is 41.4 Å². The van der Waals surface area contributed by atoms with Gasteiger partial charge in [0, 0.05) is 22.1 Å². The number of halogens is 2. The van der Waals surface area contributed by atoms with E-state index in [1.807, 2.05) is 24.3 Å². The molecule has 0 fully saturated rings. The third-order valence-electron chi connectivity index (χ3n) is 2.97. The van der Waals surface area contributed by atoms with Gasteiger partial charge in [0.1, 0.15) is 0 Å². The Balaban J connectivity index is 2.04. The van der Waals surface area contributed by atoms with Gasteiger partial charge in [0.25, 0.3) is 0 Å². The zero-order valence-electron chi connectivity index (χ0n) is 10.3. The lowest BCUT2D eigenvalue weighted by molar-refractivity contribution is 0.457. The molecular formula is C15H10Cl2N2O. The molecular weight excluding hydrogens is 295 g/mol. The van der Waals surface area contributed by atoms with Gasteiger partial charge in [-0.25, -0.2) is 0 Å². The molecule has 0 spiro atoms. The van der Waals surface area contributed by atoms with Crippen LogP contribution in [0.2, 0.25) is 10.0 Å². The van der Waals surface area contributed by atoms with Gasteiger partial charge in [-0.3, -0.25) is 4.99 Å². The van der Waals surface area contributed by atoms with Crippen LogP contribution in [0.3, 0.4) is 0 Å². The second-order valence-electron chi connectivity index (χ2n) is 4.29. The maximum Gasteiger partial charge on any atom is 0.198 e. The molecule has 0 radical (unpaired) electrons. The second kappa shape index (κ2) is 5.19. The number of hydrogen-bond donors (Lipinski definition) is 2. The Labute approximate surface area is 125 Å². The highest BCUT2D eigenvalue weighted by Crippen LogP contribution is 2.29. The number of H-pyrrole nitrogens is 1. The number of hydrogen-bond acceptors (Lipinski definition) is 2. The van der Waals surface area contributed by atoms with Crippen molar-refractivity contribution in [3.05, 3.63) is 58.1 Å². The fourth-order valence-electron chi connectivity index (χ4n) is 2.00. The highest BCUT2D eigenvalue weighted by atomic mass is 35.5. The minimum absolute atomic E-state index is 0.0834. The van der Waals surface area contributed by atoms with E-state index in [2.05, 4.69) is 9.98 Å². The number of para-hydroxylation sites is 1. The molecule has 0 aliphatic heterocycles. The molecule has 3 nitrogen and oxygen atoms in total. The predicted molar refractivity (Wildman–Crippen MR) is 83.7 cm³/mol. The van der Waals surface area contributed by atoms with Crippen molar-refractivity contribution in [3.8, 4) is 5.88 Å². The largest absolute Gasteiger partial charge is 0.494 e. The number of fused-ring (bicyclic) bond motifs is 1. The fraction of sp³-hybridized carbons (Fsp3) is 0. The van der Waals surface area contributed by atoms with Crippen molar-refractivity contribution >= 4 is 46.0 Å². The normalized spacial score (nSPS) is 11.5. The quantitative estimate of drug-likeness (QED) is 0.648. The molecule has 5 heteroatoms. The van der Waals surface area contributed by atoms with Gasteiger partial charge in [0.05, 0.1) is 16.3 Å². The highest BCUT2D eigenvalue weighted by molar-refractivity contribution is 6.36. The summed E-state index contributed by atoms with van der Waals surface area (Å²) in [6.07, 6.45) is 1.59. The maximum atomic E-state index is 9.92. The molecule has 0 bridgehead atoms. The second-order valence-corrected chi connectivity index (χ2v) is 5.13. The smallest absolute Gasteiger partial charge is 0.198 e. The zero-order chi connectivity index (χ0) is 14.1. The van der Waals surface area contributed by atoms with Crippen LogP contribution in [0.25, 0.3) is 10.9 Å². The number of rotatable bonds is 2. The molecule has 3 aromatic rings. The van der Waals surface area contributed by atoms with Crippen LogP contribution in [-0.2, 0) is 0 Å².